The molecule has 0 aromatic heterocycles. The van der Waals surface area contributed by atoms with Gasteiger partial charge in [0.2, 0.25) is 0 Å². The quantitative estimate of drug-likeness (QED) is 0.778. The number of nitrogens with one attached hydrogen (secondary N) is 1. The molecule has 0 saturated heterocycles. The number of benzene rings is 1. The van der Waals surface area contributed by atoms with Crippen LogP contribution in [0.4, 0.5) is 5.69 Å². The first-order chi connectivity index (χ1) is 8.75. The van der Waals surface area contributed by atoms with E-state index in [0.717, 1.165) is 35.6 Å². The molecular weight excluding hydrogens is 238 g/mol. The Balaban J connectivity index is 2.31. The predicted octanol–water partition coefficient (Wildman–Crippen LogP) is 2.98. The maximum Gasteiger partial charge on any atom is 0.167 e. The number of hydrogen-bond acceptors (Lipinski definition) is 3. The summed E-state index contributed by atoms with van der Waals surface area (Å²) in [6, 6.07) is 2.11. The van der Waals surface area contributed by atoms with E-state index in [2.05, 4.69) is 18.3 Å². The molecule has 0 atom stereocenters. The van der Waals surface area contributed by atoms with Gasteiger partial charge in [0.05, 0.1) is 17.6 Å². The average molecular weight is 259 g/mol. The molecule has 3 heteroatoms. The van der Waals surface area contributed by atoms with Gasteiger partial charge >= 0.3 is 0 Å². The number of ether oxygens (including phenoxy) is 1. The van der Waals surface area contributed by atoms with Crippen molar-refractivity contribution in [2.75, 3.05) is 11.9 Å². The van der Waals surface area contributed by atoms with E-state index < -0.39 is 11.0 Å². The summed E-state index contributed by atoms with van der Waals surface area (Å²) in [5, 5.41) is 3.44. The van der Waals surface area contributed by atoms with Crippen LogP contribution >= 0.6 is 0 Å². The molecule has 0 amide bonds. The second-order valence-electron chi connectivity index (χ2n) is 6.73. The number of aryl methyl sites for hydroxylation is 1. The molecule has 0 spiro atoms. The molecule has 0 fully saturated rings. The Morgan fingerprint density at radius 3 is 2.63 bits per heavy atom. The van der Waals surface area contributed by atoms with Gasteiger partial charge in [-0.2, -0.15) is 0 Å². The van der Waals surface area contributed by atoms with Gasteiger partial charge in [-0.05, 0) is 51.8 Å². The molecule has 1 N–H and O–H groups in total. The van der Waals surface area contributed by atoms with E-state index >= 15 is 0 Å². The Labute approximate surface area is 114 Å². The van der Waals surface area contributed by atoms with Crippen LogP contribution in [-0.4, -0.2) is 17.9 Å². The van der Waals surface area contributed by atoms with E-state index in [9.17, 15) is 4.79 Å². The highest BCUT2D eigenvalue weighted by Gasteiger charge is 2.47. The number of Topliss-reactive ketones (excluding diaryl/α,β-unsaturated/α-hetero) is 1. The van der Waals surface area contributed by atoms with Crippen molar-refractivity contribution in [1.82, 2.24) is 0 Å². The van der Waals surface area contributed by atoms with Crippen LogP contribution in [0.15, 0.2) is 6.07 Å². The van der Waals surface area contributed by atoms with Crippen LogP contribution in [0.25, 0.3) is 0 Å². The second kappa shape index (κ2) is 3.53. The molecule has 0 aliphatic carbocycles. The topological polar surface area (TPSA) is 38.3 Å². The van der Waals surface area contributed by atoms with E-state index in [1.165, 1.54) is 5.56 Å². The van der Waals surface area contributed by atoms with Gasteiger partial charge in [0, 0.05) is 17.7 Å². The van der Waals surface area contributed by atoms with Crippen LogP contribution in [0.5, 0.6) is 5.75 Å². The molecule has 3 nitrogen and oxygen atoms in total. The molecule has 2 heterocycles. The summed E-state index contributed by atoms with van der Waals surface area (Å²) in [4.78, 5) is 12.6. The summed E-state index contributed by atoms with van der Waals surface area (Å²) in [5.41, 5.74) is 3.62. The van der Waals surface area contributed by atoms with Crippen molar-refractivity contribution in [2.24, 2.45) is 0 Å². The number of ketones is 1. The lowest BCUT2D eigenvalue weighted by Gasteiger charge is -2.42. The van der Waals surface area contributed by atoms with E-state index in [-0.39, 0.29) is 5.78 Å². The summed E-state index contributed by atoms with van der Waals surface area (Å²) in [6.45, 7) is 10.8. The molecule has 1 aromatic carbocycles. The van der Waals surface area contributed by atoms with Gasteiger partial charge in [-0.15, -0.1) is 0 Å². The van der Waals surface area contributed by atoms with Crippen molar-refractivity contribution < 1.29 is 9.53 Å². The molecule has 1 aromatic rings. The van der Waals surface area contributed by atoms with Crippen LogP contribution in [0.1, 0.15) is 44.4 Å². The summed E-state index contributed by atoms with van der Waals surface area (Å²) in [6.07, 6.45) is 0.923. The van der Waals surface area contributed by atoms with Gasteiger partial charge in [-0.1, -0.05) is 0 Å². The minimum Gasteiger partial charge on any atom is -0.493 e. The fourth-order valence-electron chi connectivity index (χ4n) is 3.47. The Kier molecular flexibility index (Phi) is 2.32. The van der Waals surface area contributed by atoms with E-state index in [1.807, 2.05) is 27.7 Å². The molecule has 0 unspecified atom stereocenters. The number of rotatable bonds is 0. The fraction of sp³-hybridized carbons (Fsp3) is 0.562. The standard InChI is InChI=1S/C16H21NO2/c1-9-8-11-12(10-6-7-19-13(9)10)17-16(4,5)14(18)15(11,2)3/h8,17H,6-7H2,1-5H3. The van der Waals surface area contributed by atoms with Gasteiger partial charge in [0.25, 0.3) is 0 Å². The molecule has 2 aliphatic heterocycles. The highest BCUT2D eigenvalue weighted by Crippen LogP contribution is 2.47. The Bertz CT molecular complexity index is 585. The van der Waals surface area contributed by atoms with Crippen LogP contribution < -0.4 is 10.1 Å². The average Bonchev–Trinajstić information content (AvgIpc) is 2.79. The molecule has 19 heavy (non-hydrogen) atoms. The monoisotopic (exact) mass is 259 g/mol. The zero-order valence-corrected chi connectivity index (χ0v) is 12.3. The van der Waals surface area contributed by atoms with Crippen molar-refractivity contribution in [3.05, 3.63) is 22.8 Å². The van der Waals surface area contributed by atoms with E-state index in [4.69, 9.17) is 4.74 Å². The first-order valence-electron chi connectivity index (χ1n) is 6.88. The zero-order chi connectivity index (χ0) is 14.0. The van der Waals surface area contributed by atoms with Gasteiger partial charge in [-0.25, -0.2) is 0 Å². The smallest absolute Gasteiger partial charge is 0.167 e. The first-order valence-corrected chi connectivity index (χ1v) is 6.88. The van der Waals surface area contributed by atoms with Crippen molar-refractivity contribution in [3.8, 4) is 5.75 Å². The highest BCUT2D eigenvalue weighted by atomic mass is 16.5. The van der Waals surface area contributed by atoms with Crippen LogP contribution in [-0.2, 0) is 16.6 Å². The molecular formula is C16H21NO2. The normalized spacial score (nSPS) is 22.3. The van der Waals surface area contributed by atoms with E-state index in [1.54, 1.807) is 0 Å². The largest absolute Gasteiger partial charge is 0.493 e. The fourth-order valence-corrected chi connectivity index (χ4v) is 3.47. The minimum absolute atomic E-state index is 0.241. The third kappa shape index (κ3) is 1.54. The lowest BCUT2D eigenvalue weighted by Crippen LogP contribution is -2.53. The van der Waals surface area contributed by atoms with Crippen molar-refractivity contribution in [2.45, 2.75) is 52.0 Å². The minimum atomic E-state index is -0.526. The predicted molar refractivity (Wildman–Crippen MR) is 76.1 cm³/mol. The molecule has 0 radical (unpaired) electrons. The molecule has 2 aliphatic rings. The maximum atomic E-state index is 12.6. The molecule has 0 saturated carbocycles. The number of carbonyl (C=O) groups excluding carboxylic acids is 1. The van der Waals surface area contributed by atoms with Crippen LogP contribution in [0, 0.1) is 6.92 Å². The number of anilines is 1. The van der Waals surface area contributed by atoms with Gasteiger partial charge < -0.3 is 10.1 Å². The third-order valence-electron chi connectivity index (χ3n) is 4.41. The van der Waals surface area contributed by atoms with Crippen LogP contribution in [0.2, 0.25) is 0 Å². The SMILES string of the molecule is Cc1cc2c(c3c1OCC3)NC(C)(C)C(=O)C2(C)C. The molecule has 3 rings (SSSR count). The van der Waals surface area contributed by atoms with E-state index in [0.29, 0.717) is 0 Å². The summed E-state index contributed by atoms with van der Waals surface area (Å²) in [5.74, 6) is 1.25. The second-order valence-corrected chi connectivity index (χ2v) is 6.73. The van der Waals surface area contributed by atoms with Crippen LogP contribution in [0.3, 0.4) is 0 Å². The molecule has 0 bridgehead atoms. The van der Waals surface area contributed by atoms with Crippen molar-refractivity contribution >= 4 is 11.5 Å². The third-order valence-corrected chi connectivity index (χ3v) is 4.41. The first kappa shape index (κ1) is 12.5. The number of hydrogen-bond donors (Lipinski definition) is 1. The Morgan fingerprint density at radius 2 is 1.95 bits per heavy atom. The number of fused-ring (bicyclic) bond motifs is 3. The maximum absolute atomic E-state index is 12.6. The van der Waals surface area contributed by atoms with Crippen molar-refractivity contribution in [3.63, 3.8) is 0 Å². The summed E-state index contributed by atoms with van der Waals surface area (Å²) >= 11 is 0. The summed E-state index contributed by atoms with van der Waals surface area (Å²) in [7, 11) is 0. The summed E-state index contributed by atoms with van der Waals surface area (Å²) < 4.78 is 5.73. The van der Waals surface area contributed by atoms with Gasteiger partial charge in [0.15, 0.2) is 5.78 Å². The Hall–Kier alpha value is -1.51. The highest BCUT2D eigenvalue weighted by molar-refractivity contribution is 6.03. The Morgan fingerprint density at radius 1 is 1.26 bits per heavy atom. The lowest BCUT2D eigenvalue weighted by atomic mass is 9.69. The molecule has 102 valence electrons. The zero-order valence-electron chi connectivity index (χ0n) is 12.3. The van der Waals surface area contributed by atoms with Gasteiger partial charge in [0.1, 0.15) is 5.75 Å². The number of carbonyl (C=O) groups is 1. The van der Waals surface area contributed by atoms with Crippen molar-refractivity contribution in [1.29, 1.82) is 0 Å². The lowest BCUT2D eigenvalue weighted by molar-refractivity contribution is -0.127. The van der Waals surface area contributed by atoms with Gasteiger partial charge in [-0.3, -0.25) is 4.79 Å².